The lowest BCUT2D eigenvalue weighted by molar-refractivity contribution is 0.0133. The molecule has 0 aliphatic carbocycles. The van der Waals surface area contributed by atoms with E-state index in [4.69, 9.17) is 19.6 Å². The van der Waals surface area contributed by atoms with Crippen molar-refractivity contribution in [2.45, 2.75) is 25.5 Å². The number of aromatic nitrogens is 1. The highest BCUT2D eigenvalue weighted by molar-refractivity contribution is 4.99. The monoisotopic (exact) mass is 198 g/mol. The zero-order chi connectivity index (χ0) is 9.80. The average molecular weight is 198 g/mol. The minimum Gasteiger partial charge on any atom is -0.447 e. The number of ether oxygens (including phenoxy) is 2. The first-order chi connectivity index (χ1) is 6.88. The number of oxazole rings is 1. The van der Waals surface area contributed by atoms with E-state index in [0.717, 1.165) is 26.1 Å². The molecular weight excluding hydrogens is 184 g/mol. The van der Waals surface area contributed by atoms with Crippen LogP contribution >= 0.6 is 0 Å². The second-order valence-corrected chi connectivity index (χ2v) is 3.24. The van der Waals surface area contributed by atoms with Gasteiger partial charge in [-0.2, -0.15) is 4.98 Å². The lowest BCUT2D eigenvalue weighted by atomic mass is 10.2. The largest absolute Gasteiger partial charge is 0.447 e. The van der Waals surface area contributed by atoms with Gasteiger partial charge in [-0.25, -0.2) is 0 Å². The highest BCUT2D eigenvalue weighted by atomic mass is 16.6. The highest BCUT2D eigenvalue weighted by Crippen LogP contribution is 2.16. The van der Waals surface area contributed by atoms with Gasteiger partial charge < -0.3 is 19.6 Å². The summed E-state index contributed by atoms with van der Waals surface area (Å²) in [4.78, 5) is 4.07. The standard InChI is InChI=1S/C9H14N2O3/c10-5-7-6-13-9(11-7)14-8-1-3-12-4-2-8/h6,8H,1-5,10H2. The summed E-state index contributed by atoms with van der Waals surface area (Å²) in [6.45, 7) is 1.87. The Morgan fingerprint density at radius 3 is 2.93 bits per heavy atom. The minimum absolute atomic E-state index is 0.160. The van der Waals surface area contributed by atoms with E-state index in [-0.39, 0.29) is 6.10 Å². The van der Waals surface area contributed by atoms with Gasteiger partial charge in [-0.3, -0.25) is 0 Å². The fourth-order valence-electron chi connectivity index (χ4n) is 1.37. The third kappa shape index (κ3) is 2.24. The zero-order valence-electron chi connectivity index (χ0n) is 7.94. The SMILES string of the molecule is NCc1coc(OC2CCOCC2)n1. The van der Waals surface area contributed by atoms with Gasteiger partial charge in [0.2, 0.25) is 0 Å². The first-order valence-electron chi connectivity index (χ1n) is 4.77. The number of hydrogen-bond acceptors (Lipinski definition) is 5. The van der Waals surface area contributed by atoms with Gasteiger partial charge in [0.05, 0.1) is 18.9 Å². The molecule has 2 rings (SSSR count). The topological polar surface area (TPSA) is 70.5 Å². The van der Waals surface area contributed by atoms with Crippen molar-refractivity contribution in [1.29, 1.82) is 0 Å². The number of rotatable bonds is 3. The van der Waals surface area contributed by atoms with Crippen LogP contribution in [0.25, 0.3) is 0 Å². The third-order valence-electron chi connectivity index (χ3n) is 2.18. The predicted molar refractivity (Wildman–Crippen MR) is 48.9 cm³/mol. The Balaban J connectivity index is 1.89. The summed E-state index contributed by atoms with van der Waals surface area (Å²) in [6, 6.07) is 0. The van der Waals surface area contributed by atoms with Gasteiger partial charge in [-0.15, -0.1) is 0 Å². The maximum atomic E-state index is 5.52. The van der Waals surface area contributed by atoms with Gasteiger partial charge in [-0.05, 0) is 0 Å². The van der Waals surface area contributed by atoms with Crippen LogP contribution in [0.4, 0.5) is 0 Å². The summed E-state index contributed by atoms with van der Waals surface area (Å²) in [7, 11) is 0. The van der Waals surface area contributed by atoms with Crippen molar-refractivity contribution in [3.63, 3.8) is 0 Å². The van der Waals surface area contributed by atoms with Crippen LogP contribution < -0.4 is 10.5 Å². The summed E-state index contributed by atoms with van der Waals surface area (Å²) < 4.78 is 15.8. The van der Waals surface area contributed by atoms with Crippen LogP contribution in [0, 0.1) is 0 Å². The molecule has 1 aliphatic heterocycles. The summed E-state index contributed by atoms with van der Waals surface area (Å²) in [5, 5.41) is 0. The lowest BCUT2D eigenvalue weighted by Gasteiger charge is -2.20. The average Bonchev–Trinajstić information content (AvgIpc) is 2.67. The molecule has 5 heteroatoms. The summed E-state index contributed by atoms with van der Waals surface area (Å²) in [5.74, 6) is 0. The van der Waals surface area contributed by atoms with E-state index in [1.165, 1.54) is 6.26 Å². The molecule has 0 unspecified atom stereocenters. The second kappa shape index (κ2) is 4.43. The molecule has 2 N–H and O–H groups in total. The maximum Gasteiger partial charge on any atom is 0.394 e. The molecule has 2 heterocycles. The molecule has 0 saturated carbocycles. The first kappa shape index (κ1) is 9.48. The van der Waals surface area contributed by atoms with E-state index in [9.17, 15) is 0 Å². The van der Waals surface area contributed by atoms with Gasteiger partial charge in [0.15, 0.2) is 0 Å². The molecule has 1 aromatic rings. The number of nitrogens with zero attached hydrogens (tertiary/aromatic N) is 1. The number of nitrogens with two attached hydrogens (primary N) is 1. The van der Waals surface area contributed by atoms with Crippen LogP contribution in [0.5, 0.6) is 6.08 Å². The Morgan fingerprint density at radius 2 is 2.29 bits per heavy atom. The maximum absolute atomic E-state index is 5.52. The third-order valence-corrected chi connectivity index (χ3v) is 2.18. The second-order valence-electron chi connectivity index (χ2n) is 3.24. The molecule has 78 valence electrons. The Bertz CT molecular complexity index is 281. The smallest absolute Gasteiger partial charge is 0.394 e. The quantitative estimate of drug-likeness (QED) is 0.773. The Kier molecular flexibility index (Phi) is 3.00. The van der Waals surface area contributed by atoms with Crippen LogP contribution in [-0.2, 0) is 11.3 Å². The van der Waals surface area contributed by atoms with E-state index in [1.54, 1.807) is 0 Å². The van der Waals surface area contributed by atoms with Gasteiger partial charge in [0.25, 0.3) is 0 Å². The minimum atomic E-state index is 0.160. The van der Waals surface area contributed by atoms with Crippen molar-refractivity contribution < 1.29 is 13.9 Å². The summed E-state index contributed by atoms with van der Waals surface area (Å²) >= 11 is 0. The van der Waals surface area contributed by atoms with Crippen LogP contribution in [0.1, 0.15) is 18.5 Å². The van der Waals surface area contributed by atoms with E-state index in [0.29, 0.717) is 18.3 Å². The number of hydrogen-bond donors (Lipinski definition) is 1. The fourth-order valence-corrected chi connectivity index (χ4v) is 1.37. The molecule has 5 nitrogen and oxygen atoms in total. The molecule has 0 atom stereocenters. The molecule has 14 heavy (non-hydrogen) atoms. The van der Waals surface area contributed by atoms with Crippen LogP contribution in [0.2, 0.25) is 0 Å². The molecular formula is C9H14N2O3. The Morgan fingerprint density at radius 1 is 1.50 bits per heavy atom. The van der Waals surface area contributed by atoms with E-state index >= 15 is 0 Å². The van der Waals surface area contributed by atoms with Crippen molar-refractivity contribution in [3.05, 3.63) is 12.0 Å². The van der Waals surface area contributed by atoms with Crippen LogP contribution in [-0.4, -0.2) is 24.3 Å². The van der Waals surface area contributed by atoms with Crippen LogP contribution in [0.15, 0.2) is 10.7 Å². The molecule has 1 saturated heterocycles. The fraction of sp³-hybridized carbons (Fsp3) is 0.667. The Hall–Kier alpha value is -1.07. The van der Waals surface area contributed by atoms with Gasteiger partial charge in [0, 0.05) is 19.4 Å². The zero-order valence-corrected chi connectivity index (χ0v) is 7.94. The molecule has 0 bridgehead atoms. The normalized spacial score (nSPS) is 18.4. The molecule has 1 fully saturated rings. The molecule has 0 amide bonds. The van der Waals surface area contributed by atoms with Crippen LogP contribution in [0.3, 0.4) is 0 Å². The molecule has 1 aromatic heterocycles. The first-order valence-corrected chi connectivity index (χ1v) is 4.77. The molecule has 0 aromatic carbocycles. The van der Waals surface area contributed by atoms with Crippen molar-refractivity contribution in [2.75, 3.05) is 13.2 Å². The molecule has 0 radical (unpaired) electrons. The van der Waals surface area contributed by atoms with Gasteiger partial charge in [-0.1, -0.05) is 0 Å². The summed E-state index contributed by atoms with van der Waals surface area (Å²) in [5.41, 5.74) is 6.11. The highest BCUT2D eigenvalue weighted by Gasteiger charge is 2.17. The van der Waals surface area contributed by atoms with E-state index < -0.39 is 0 Å². The van der Waals surface area contributed by atoms with Crippen molar-refractivity contribution in [1.82, 2.24) is 4.98 Å². The molecule has 0 spiro atoms. The van der Waals surface area contributed by atoms with Crippen molar-refractivity contribution >= 4 is 0 Å². The van der Waals surface area contributed by atoms with Crippen molar-refractivity contribution in [3.8, 4) is 6.08 Å². The molecule has 1 aliphatic rings. The van der Waals surface area contributed by atoms with Gasteiger partial charge in [0.1, 0.15) is 12.4 Å². The Labute approximate surface area is 82.2 Å². The van der Waals surface area contributed by atoms with Gasteiger partial charge >= 0.3 is 6.08 Å². The lowest BCUT2D eigenvalue weighted by Crippen LogP contribution is -2.25. The van der Waals surface area contributed by atoms with E-state index in [1.807, 2.05) is 0 Å². The summed E-state index contributed by atoms with van der Waals surface area (Å²) in [6.07, 6.45) is 3.78. The van der Waals surface area contributed by atoms with E-state index in [2.05, 4.69) is 4.98 Å². The van der Waals surface area contributed by atoms with Crippen molar-refractivity contribution in [2.24, 2.45) is 5.73 Å². The predicted octanol–water partition coefficient (Wildman–Crippen LogP) is 0.691.